The fourth-order valence-corrected chi connectivity index (χ4v) is 5.84. The third-order valence-electron chi connectivity index (χ3n) is 8.08. The molecule has 9 nitrogen and oxygen atoms in total. The molecule has 304 valence electrons. The van der Waals surface area contributed by atoms with Gasteiger partial charge in [-0.15, -0.1) is 0 Å². The van der Waals surface area contributed by atoms with Gasteiger partial charge < -0.3 is 20.1 Å². The molecular weight excluding hydrogens is 689 g/mol. The maximum atomic E-state index is 12.5. The van der Waals surface area contributed by atoms with Crippen molar-refractivity contribution in [3.8, 4) is 0 Å². The van der Waals surface area contributed by atoms with E-state index in [4.69, 9.17) is 24.3 Å². The Kier molecular flexibility index (Phi) is 37.3. The highest BCUT2D eigenvalue weighted by molar-refractivity contribution is 7.47. The number of unbranched alkanes of at least 4 members (excludes halogenated alkanes) is 12. The van der Waals surface area contributed by atoms with Gasteiger partial charge in [0.05, 0.1) is 13.2 Å². The number of carbonyl (C=O) groups excluding carboxylic acids is 2. The number of hydrogen-bond donors (Lipinski definition) is 2. The zero-order valence-electron chi connectivity index (χ0n) is 33.2. The molecular formula is C43H74NO8P. The normalized spacial score (nSPS) is 14.1. The second-order valence-electron chi connectivity index (χ2n) is 13.1. The first-order valence-electron chi connectivity index (χ1n) is 20.4. The first-order valence-corrected chi connectivity index (χ1v) is 21.9. The van der Waals surface area contributed by atoms with Crippen LogP contribution in [0.2, 0.25) is 0 Å². The minimum Gasteiger partial charge on any atom is -0.462 e. The van der Waals surface area contributed by atoms with Crippen LogP contribution in [0, 0.1) is 0 Å². The molecule has 0 aromatic carbocycles. The van der Waals surface area contributed by atoms with Crippen LogP contribution in [0.5, 0.6) is 0 Å². The van der Waals surface area contributed by atoms with Crippen molar-refractivity contribution in [2.45, 2.75) is 161 Å². The van der Waals surface area contributed by atoms with Gasteiger partial charge in [-0.2, -0.15) is 0 Å². The van der Waals surface area contributed by atoms with Gasteiger partial charge in [0.15, 0.2) is 6.10 Å². The lowest BCUT2D eigenvalue weighted by molar-refractivity contribution is -0.161. The van der Waals surface area contributed by atoms with Gasteiger partial charge in [-0.3, -0.25) is 18.6 Å². The van der Waals surface area contributed by atoms with E-state index in [1.165, 1.54) is 51.4 Å². The Morgan fingerprint density at radius 1 is 0.585 bits per heavy atom. The van der Waals surface area contributed by atoms with Crippen LogP contribution in [0.3, 0.4) is 0 Å². The zero-order chi connectivity index (χ0) is 38.9. The molecule has 1 unspecified atom stereocenters. The predicted molar refractivity (Wildman–Crippen MR) is 219 cm³/mol. The summed E-state index contributed by atoms with van der Waals surface area (Å²) < 4.78 is 32.6. The second-order valence-corrected chi connectivity index (χ2v) is 14.6. The largest absolute Gasteiger partial charge is 0.472 e. The molecule has 0 bridgehead atoms. The first kappa shape index (κ1) is 50.5. The summed E-state index contributed by atoms with van der Waals surface area (Å²) in [6.07, 6.45) is 46.5. The number of rotatable bonds is 37. The highest BCUT2D eigenvalue weighted by Gasteiger charge is 2.25. The number of esters is 2. The van der Waals surface area contributed by atoms with E-state index in [2.05, 4.69) is 80.7 Å². The van der Waals surface area contributed by atoms with Crippen molar-refractivity contribution < 1.29 is 37.6 Å². The van der Waals surface area contributed by atoms with Crippen molar-refractivity contribution in [1.82, 2.24) is 0 Å². The molecule has 0 saturated heterocycles. The Labute approximate surface area is 322 Å². The van der Waals surface area contributed by atoms with Crippen molar-refractivity contribution >= 4 is 19.8 Å². The van der Waals surface area contributed by atoms with Gasteiger partial charge >= 0.3 is 19.8 Å². The van der Waals surface area contributed by atoms with Gasteiger partial charge in [-0.25, -0.2) is 4.57 Å². The molecule has 0 radical (unpaired) electrons. The van der Waals surface area contributed by atoms with Crippen LogP contribution in [0.25, 0.3) is 0 Å². The molecule has 0 heterocycles. The molecule has 53 heavy (non-hydrogen) atoms. The maximum Gasteiger partial charge on any atom is 0.472 e. The van der Waals surface area contributed by atoms with Crippen LogP contribution in [0.1, 0.15) is 155 Å². The van der Waals surface area contributed by atoms with Gasteiger partial charge in [0.1, 0.15) is 6.61 Å². The summed E-state index contributed by atoms with van der Waals surface area (Å²) in [5.74, 6) is -0.909. The van der Waals surface area contributed by atoms with Crippen LogP contribution in [-0.2, 0) is 32.7 Å². The number of carbonyl (C=O) groups is 2. The van der Waals surface area contributed by atoms with Crippen molar-refractivity contribution in [3.63, 3.8) is 0 Å². The van der Waals surface area contributed by atoms with E-state index in [1.807, 2.05) is 6.08 Å². The van der Waals surface area contributed by atoms with Crippen LogP contribution >= 0.6 is 7.82 Å². The number of allylic oxidation sites excluding steroid dienone is 12. The molecule has 0 spiro atoms. The second kappa shape index (κ2) is 39.2. The van der Waals surface area contributed by atoms with Gasteiger partial charge in [-0.05, 0) is 77.0 Å². The molecule has 0 aliphatic rings. The summed E-state index contributed by atoms with van der Waals surface area (Å²) in [6, 6.07) is 0. The molecule has 3 N–H and O–H groups in total. The summed E-state index contributed by atoms with van der Waals surface area (Å²) in [7, 11) is -4.39. The Hall–Kier alpha value is -2.55. The standard InChI is InChI=1S/C43H74NO8P/c1-3-5-7-9-11-13-15-17-19-20-22-24-26-28-30-32-34-36-43(46)52-41(40-51-53(47,48)50-38-37-44)39-49-42(45)35-33-31-29-27-25-23-21-18-16-14-12-10-8-6-4-2/h5,7,11,13-14,16-17,19,22,24,28,30,41H,3-4,6,8-10,12,15,18,20-21,23,25-27,29,31-40,44H2,1-2H3,(H,47,48)/b7-5+,13-11+,16-14+,19-17+,24-22+,30-28+/t41-/m1/s1. The summed E-state index contributed by atoms with van der Waals surface area (Å²) in [6.45, 7) is 3.51. The lowest BCUT2D eigenvalue weighted by Crippen LogP contribution is -2.29. The van der Waals surface area contributed by atoms with Crippen LogP contribution in [-0.4, -0.2) is 49.3 Å². The molecule has 2 atom stereocenters. The van der Waals surface area contributed by atoms with Crippen molar-refractivity contribution in [3.05, 3.63) is 72.9 Å². The summed E-state index contributed by atoms with van der Waals surface area (Å²) in [4.78, 5) is 34.8. The fraction of sp³-hybridized carbons (Fsp3) is 0.674. The lowest BCUT2D eigenvalue weighted by Gasteiger charge is -2.19. The molecule has 0 rings (SSSR count). The monoisotopic (exact) mass is 764 g/mol. The van der Waals surface area contributed by atoms with Crippen molar-refractivity contribution in [2.75, 3.05) is 26.4 Å². The first-order chi connectivity index (χ1) is 25.8. The Bertz CT molecular complexity index is 1100. The Balaban J connectivity index is 4.31. The Morgan fingerprint density at radius 2 is 1.06 bits per heavy atom. The van der Waals surface area contributed by atoms with Gasteiger partial charge in [0, 0.05) is 19.4 Å². The minimum absolute atomic E-state index is 0.0404. The molecule has 0 aliphatic heterocycles. The topological polar surface area (TPSA) is 134 Å². The summed E-state index contributed by atoms with van der Waals surface area (Å²) in [5, 5.41) is 0. The van der Waals surface area contributed by atoms with E-state index in [0.29, 0.717) is 12.8 Å². The number of phosphoric ester groups is 1. The van der Waals surface area contributed by atoms with E-state index >= 15 is 0 Å². The molecule has 0 aromatic heterocycles. The molecule has 0 amide bonds. The van der Waals surface area contributed by atoms with Gasteiger partial charge in [0.2, 0.25) is 0 Å². The maximum absolute atomic E-state index is 12.5. The fourth-order valence-electron chi connectivity index (χ4n) is 5.07. The molecule has 0 fully saturated rings. The number of ether oxygens (including phenoxy) is 2. The predicted octanol–water partition coefficient (Wildman–Crippen LogP) is 11.5. The van der Waals surface area contributed by atoms with Crippen LogP contribution in [0.4, 0.5) is 0 Å². The highest BCUT2D eigenvalue weighted by Crippen LogP contribution is 2.43. The molecule has 10 heteroatoms. The molecule has 0 aliphatic carbocycles. The van der Waals surface area contributed by atoms with E-state index in [0.717, 1.165) is 64.2 Å². The number of phosphoric acid groups is 1. The van der Waals surface area contributed by atoms with Crippen LogP contribution < -0.4 is 5.73 Å². The van der Waals surface area contributed by atoms with E-state index < -0.39 is 32.5 Å². The van der Waals surface area contributed by atoms with Gasteiger partial charge in [0.25, 0.3) is 0 Å². The van der Waals surface area contributed by atoms with E-state index in [9.17, 15) is 19.0 Å². The lowest BCUT2D eigenvalue weighted by atomic mass is 10.1. The van der Waals surface area contributed by atoms with Crippen molar-refractivity contribution in [2.24, 2.45) is 5.73 Å². The minimum atomic E-state index is -4.39. The highest BCUT2D eigenvalue weighted by atomic mass is 31.2. The molecule has 0 saturated carbocycles. The summed E-state index contributed by atoms with van der Waals surface area (Å²) in [5.41, 5.74) is 5.33. The average molecular weight is 764 g/mol. The summed E-state index contributed by atoms with van der Waals surface area (Å²) >= 11 is 0. The Morgan fingerprint density at radius 3 is 1.62 bits per heavy atom. The zero-order valence-corrected chi connectivity index (χ0v) is 34.1. The van der Waals surface area contributed by atoms with E-state index in [1.54, 1.807) is 0 Å². The van der Waals surface area contributed by atoms with Crippen LogP contribution in [0.15, 0.2) is 72.9 Å². The van der Waals surface area contributed by atoms with Crippen molar-refractivity contribution in [1.29, 1.82) is 0 Å². The third kappa shape index (κ3) is 39.0. The quantitative estimate of drug-likeness (QED) is 0.0274. The number of hydrogen-bond acceptors (Lipinski definition) is 8. The average Bonchev–Trinajstić information content (AvgIpc) is 3.14. The SMILES string of the molecule is CC/C=C/C/C=C/C/C=C/C/C=C/C/C=C/CCCC(=O)O[C@H](COC(=O)CCCCCCCCC/C=C/CCCCCC)COP(=O)(O)OCCN. The smallest absolute Gasteiger partial charge is 0.462 e. The van der Waals surface area contributed by atoms with E-state index in [-0.39, 0.29) is 32.6 Å². The third-order valence-corrected chi connectivity index (χ3v) is 9.06. The number of nitrogens with two attached hydrogens (primary N) is 1. The molecule has 0 aromatic rings. The van der Waals surface area contributed by atoms with Gasteiger partial charge in [-0.1, -0.05) is 138 Å².